The van der Waals surface area contributed by atoms with Gasteiger partial charge in [-0.15, -0.1) is 5.01 Å². The van der Waals surface area contributed by atoms with Crippen molar-refractivity contribution in [3.05, 3.63) is 35.4 Å². The molecule has 2 fully saturated rings. The highest BCUT2D eigenvalue weighted by molar-refractivity contribution is 6.07. The van der Waals surface area contributed by atoms with E-state index in [0.717, 1.165) is 30.0 Å². The van der Waals surface area contributed by atoms with E-state index >= 15 is 0 Å². The Labute approximate surface area is 132 Å². The molecular formula is C16H17F2N3O2. The maximum Gasteiger partial charge on any atom is 0.346 e. The number of nitrogens with zero attached hydrogens (tertiary/aromatic N) is 2. The van der Waals surface area contributed by atoms with E-state index in [4.69, 9.17) is 0 Å². The van der Waals surface area contributed by atoms with Gasteiger partial charge in [-0.05, 0) is 49.3 Å². The summed E-state index contributed by atoms with van der Waals surface area (Å²) in [7, 11) is 0. The number of hydrogen-bond donors (Lipinski definition) is 1. The van der Waals surface area contributed by atoms with Gasteiger partial charge in [0.15, 0.2) is 11.6 Å². The van der Waals surface area contributed by atoms with Crippen molar-refractivity contribution in [2.75, 3.05) is 0 Å². The third kappa shape index (κ3) is 2.83. The van der Waals surface area contributed by atoms with Gasteiger partial charge in [-0.1, -0.05) is 13.0 Å². The first-order valence-electron chi connectivity index (χ1n) is 7.57. The molecule has 1 heterocycles. The molecule has 3 amide bonds. The van der Waals surface area contributed by atoms with Gasteiger partial charge in [0, 0.05) is 0 Å². The molecule has 0 aromatic heterocycles. The molecule has 1 aliphatic heterocycles. The Bertz CT molecular complexity index is 682. The predicted octanol–water partition coefficient (Wildman–Crippen LogP) is 2.80. The zero-order valence-corrected chi connectivity index (χ0v) is 12.7. The van der Waals surface area contributed by atoms with Crippen LogP contribution in [0.25, 0.3) is 0 Å². The van der Waals surface area contributed by atoms with Crippen molar-refractivity contribution in [1.82, 2.24) is 10.3 Å². The molecule has 0 atom stereocenters. The number of hydrogen-bond acceptors (Lipinski definition) is 3. The van der Waals surface area contributed by atoms with Gasteiger partial charge in [0.1, 0.15) is 5.54 Å². The van der Waals surface area contributed by atoms with Crippen LogP contribution in [-0.4, -0.2) is 28.7 Å². The number of amides is 3. The maximum absolute atomic E-state index is 13.2. The van der Waals surface area contributed by atoms with Gasteiger partial charge in [0.25, 0.3) is 5.91 Å². The van der Waals surface area contributed by atoms with Crippen LogP contribution in [0.2, 0.25) is 0 Å². The minimum absolute atomic E-state index is 0.266. The Morgan fingerprint density at radius 2 is 1.96 bits per heavy atom. The van der Waals surface area contributed by atoms with Gasteiger partial charge in [0.2, 0.25) is 0 Å². The van der Waals surface area contributed by atoms with Crippen molar-refractivity contribution in [3.63, 3.8) is 0 Å². The molecular weight excluding hydrogens is 304 g/mol. The monoisotopic (exact) mass is 321 g/mol. The van der Waals surface area contributed by atoms with Crippen LogP contribution in [-0.2, 0) is 4.79 Å². The standard InChI is InChI=1S/C16H17F2N3O2/c1-10-4-6-16(7-5-10)14(22)21(15(23)20-16)19-9-11-2-3-12(17)13(18)8-11/h2-3,8-10H,4-7H2,1H3,(H,20,23). The lowest BCUT2D eigenvalue weighted by molar-refractivity contribution is -0.132. The molecule has 1 saturated heterocycles. The summed E-state index contributed by atoms with van der Waals surface area (Å²) in [5.74, 6) is -1.82. The highest BCUT2D eigenvalue weighted by atomic mass is 19.2. The smallest absolute Gasteiger partial charge is 0.321 e. The molecule has 1 aliphatic carbocycles. The van der Waals surface area contributed by atoms with E-state index in [1.165, 1.54) is 12.3 Å². The van der Waals surface area contributed by atoms with E-state index in [-0.39, 0.29) is 11.5 Å². The van der Waals surface area contributed by atoms with Crippen LogP contribution in [0.1, 0.15) is 38.2 Å². The fraction of sp³-hybridized carbons (Fsp3) is 0.438. The van der Waals surface area contributed by atoms with Crippen molar-refractivity contribution in [1.29, 1.82) is 0 Å². The second-order valence-electron chi connectivity index (χ2n) is 6.23. The predicted molar refractivity (Wildman–Crippen MR) is 79.7 cm³/mol. The van der Waals surface area contributed by atoms with Gasteiger partial charge < -0.3 is 5.32 Å². The second kappa shape index (κ2) is 5.72. The molecule has 3 rings (SSSR count). The highest BCUT2D eigenvalue weighted by Gasteiger charge is 2.52. The van der Waals surface area contributed by atoms with E-state index in [9.17, 15) is 18.4 Å². The number of carbonyl (C=O) groups is 2. The normalized spacial score (nSPS) is 28.0. The number of nitrogens with one attached hydrogen (secondary N) is 1. The summed E-state index contributed by atoms with van der Waals surface area (Å²) < 4.78 is 26.0. The molecule has 1 aromatic rings. The van der Waals surface area contributed by atoms with E-state index in [2.05, 4.69) is 17.3 Å². The number of rotatable bonds is 2. The molecule has 0 bridgehead atoms. The number of urea groups is 1. The third-order valence-corrected chi connectivity index (χ3v) is 4.53. The Kier molecular flexibility index (Phi) is 3.87. The molecule has 1 saturated carbocycles. The largest absolute Gasteiger partial charge is 0.346 e. The number of halogens is 2. The van der Waals surface area contributed by atoms with Crippen LogP contribution in [0.5, 0.6) is 0 Å². The van der Waals surface area contributed by atoms with Crippen LogP contribution >= 0.6 is 0 Å². The SMILES string of the molecule is CC1CCC2(CC1)NC(=O)N(N=Cc1ccc(F)c(F)c1)C2=O. The lowest BCUT2D eigenvalue weighted by Crippen LogP contribution is -2.49. The molecule has 7 heteroatoms. The minimum atomic E-state index is -1.01. The van der Waals surface area contributed by atoms with Gasteiger partial charge in [-0.2, -0.15) is 5.10 Å². The zero-order valence-electron chi connectivity index (χ0n) is 12.7. The molecule has 23 heavy (non-hydrogen) atoms. The van der Waals surface area contributed by atoms with E-state index < -0.39 is 23.2 Å². The van der Waals surface area contributed by atoms with Crippen molar-refractivity contribution in [2.24, 2.45) is 11.0 Å². The maximum atomic E-state index is 13.2. The highest BCUT2D eigenvalue weighted by Crippen LogP contribution is 2.36. The van der Waals surface area contributed by atoms with E-state index in [1.54, 1.807) is 0 Å². The summed E-state index contributed by atoms with van der Waals surface area (Å²) >= 11 is 0. The lowest BCUT2D eigenvalue weighted by atomic mass is 9.77. The zero-order chi connectivity index (χ0) is 16.6. The third-order valence-electron chi connectivity index (χ3n) is 4.53. The number of imide groups is 1. The fourth-order valence-corrected chi connectivity index (χ4v) is 3.02. The van der Waals surface area contributed by atoms with Crippen molar-refractivity contribution >= 4 is 18.2 Å². The molecule has 122 valence electrons. The molecule has 2 aliphatic rings. The van der Waals surface area contributed by atoms with Crippen LogP contribution in [0, 0.1) is 17.6 Å². The first-order chi connectivity index (χ1) is 10.9. The van der Waals surface area contributed by atoms with Crippen LogP contribution < -0.4 is 5.32 Å². The summed E-state index contributed by atoms with van der Waals surface area (Å²) in [6.45, 7) is 2.12. The average Bonchev–Trinajstić information content (AvgIpc) is 2.75. The molecule has 1 aromatic carbocycles. The lowest BCUT2D eigenvalue weighted by Gasteiger charge is -2.33. The van der Waals surface area contributed by atoms with Crippen LogP contribution in [0.4, 0.5) is 13.6 Å². The molecule has 0 radical (unpaired) electrons. The Morgan fingerprint density at radius 3 is 2.61 bits per heavy atom. The van der Waals surface area contributed by atoms with Crippen molar-refractivity contribution in [3.8, 4) is 0 Å². The number of carbonyl (C=O) groups excluding carboxylic acids is 2. The topological polar surface area (TPSA) is 61.8 Å². The Balaban J connectivity index is 1.78. The van der Waals surface area contributed by atoms with Gasteiger partial charge >= 0.3 is 6.03 Å². The molecule has 5 nitrogen and oxygen atoms in total. The van der Waals surface area contributed by atoms with E-state index in [1.807, 2.05) is 0 Å². The van der Waals surface area contributed by atoms with Crippen LogP contribution in [0.3, 0.4) is 0 Å². The quantitative estimate of drug-likeness (QED) is 0.672. The van der Waals surface area contributed by atoms with E-state index in [0.29, 0.717) is 18.8 Å². The Morgan fingerprint density at radius 1 is 1.26 bits per heavy atom. The van der Waals surface area contributed by atoms with Crippen LogP contribution in [0.15, 0.2) is 23.3 Å². The van der Waals surface area contributed by atoms with Gasteiger partial charge in [-0.25, -0.2) is 13.6 Å². The fourth-order valence-electron chi connectivity index (χ4n) is 3.02. The average molecular weight is 321 g/mol. The number of hydrazone groups is 1. The summed E-state index contributed by atoms with van der Waals surface area (Å²) in [4.78, 5) is 24.6. The summed E-state index contributed by atoms with van der Waals surface area (Å²) in [5, 5.41) is 7.36. The second-order valence-corrected chi connectivity index (χ2v) is 6.23. The minimum Gasteiger partial charge on any atom is -0.321 e. The summed E-state index contributed by atoms with van der Waals surface area (Å²) in [5.41, 5.74) is -0.600. The van der Waals surface area contributed by atoms with Gasteiger partial charge in [-0.3, -0.25) is 4.79 Å². The number of benzene rings is 1. The first kappa shape index (κ1) is 15.6. The first-order valence-corrected chi connectivity index (χ1v) is 7.57. The van der Waals surface area contributed by atoms with Gasteiger partial charge in [0.05, 0.1) is 6.21 Å². The molecule has 1 N–H and O–H groups in total. The van der Waals surface area contributed by atoms with Crippen molar-refractivity contribution in [2.45, 2.75) is 38.1 Å². The molecule has 1 spiro atoms. The summed E-state index contributed by atoms with van der Waals surface area (Å²) in [6.07, 6.45) is 4.09. The summed E-state index contributed by atoms with van der Waals surface area (Å²) in [6, 6.07) is 2.66. The van der Waals surface area contributed by atoms with Crippen molar-refractivity contribution < 1.29 is 18.4 Å². The molecule has 0 unspecified atom stereocenters. The Hall–Kier alpha value is -2.31.